The summed E-state index contributed by atoms with van der Waals surface area (Å²) in [5, 5.41) is 0. The maximum absolute atomic E-state index is 11.9. The van der Waals surface area contributed by atoms with Crippen molar-refractivity contribution in [3.8, 4) is 0 Å². The number of H-pyrrole nitrogens is 1. The maximum atomic E-state index is 11.9. The monoisotopic (exact) mass is 259 g/mol. The molecule has 1 unspecified atom stereocenters. The lowest BCUT2D eigenvalue weighted by atomic mass is 10.1. The molecule has 0 aromatic carbocycles. The van der Waals surface area contributed by atoms with Crippen molar-refractivity contribution < 1.29 is 4.57 Å². The van der Waals surface area contributed by atoms with Crippen molar-refractivity contribution >= 4 is 0 Å². The van der Waals surface area contributed by atoms with Crippen molar-refractivity contribution in [2.24, 2.45) is 0 Å². The zero-order valence-electron chi connectivity index (χ0n) is 11.7. The molecule has 0 fully saturated rings. The summed E-state index contributed by atoms with van der Waals surface area (Å²) < 4.78 is 1.68. The Morgan fingerprint density at radius 2 is 1.79 bits per heavy atom. The van der Waals surface area contributed by atoms with E-state index >= 15 is 0 Å². The van der Waals surface area contributed by atoms with Crippen molar-refractivity contribution in [1.82, 2.24) is 15.0 Å². The molecule has 5 nitrogen and oxygen atoms in total. The van der Waals surface area contributed by atoms with Crippen LogP contribution < -0.4 is 10.3 Å². The molecule has 0 saturated carbocycles. The Morgan fingerprint density at radius 3 is 2.37 bits per heavy atom. The Bertz CT molecular complexity index is 616. The topological polar surface area (TPSA) is 62.5 Å². The summed E-state index contributed by atoms with van der Waals surface area (Å²) in [6.07, 6.45) is 7.19. The highest BCUT2D eigenvalue weighted by Crippen LogP contribution is 2.12. The van der Waals surface area contributed by atoms with E-state index in [2.05, 4.69) is 28.8 Å². The van der Waals surface area contributed by atoms with Crippen LogP contribution in [0.25, 0.3) is 0 Å². The van der Waals surface area contributed by atoms with Crippen LogP contribution in [-0.2, 0) is 0 Å². The minimum atomic E-state index is -0.127. The summed E-state index contributed by atoms with van der Waals surface area (Å²) in [4.78, 5) is 23.1. The molecule has 100 valence electrons. The highest BCUT2D eigenvalue weighted by Gasteiger charge is 2.18. The molecule has 2 aromatic heterocycles. The van der Waals surface area contributed by atoms with Crippen LogP contribution in [0.15, 0.2) is 29.6 Å². The van der Waals surface area contributed by atoms with Gasteiger partial charge in [-0.05, 0) is 19.8 Å². The van der Waals surface area contributed by atoms with E-state index in [1.165, 1.54) is 0 Å². The van der Waals surface area contributed by atoms with Gasteiger partial charge in [0, 0.05) is 23.5 Å². The van der Waals surface area contributed by atoms with Gasteiger partial charge in [0.1, 0.15) is 18.1 Å². The fraction of sp³-hybridized carbons (Fsp3) is 0.429. The third kappa shape index (κ3) is 2.86. The molecule has 5 heteroatoms. The quantitative estimate of drug-likeness (QED) is 0.849. The number of hydrogen-bond donors (Lipinski definition) is 1. The fourth-order valence-corrected chi connectivity index (χ4v) is 1.86. The fourth-order valence-electron chi connectivity index (χ4n) is 1.86. The van der Waals surface area contributed by atoms with Gasteiger partial charge >= 0.3 is 5.69 Å². The van der Waals surface area contributed by atoms with E-state index in [0.29, 0.717) is 5.92 Å². The van der Waals surface area contributed by atoms with Crippen LogP contribution in [0.1, 0.15) is 49.7 Å². The SMILES string of the molecule is Cc1ncc(C(C)[n+]2cc(C(C)C)c[nH]c2=O)cn1. The molecule has 2 heterocycles. The van der Waals surface area contributed by atoms with Crippen LogP contribution in [0.5, 0.6) is 0 Å². The van der Waals surface area contributed by atoms with E-state index in [-0.39, 0.29) is 11.7 Å². The highest BCUT2D eigenvalue weighted by molar-refractivity contribution is 5.09. The molecule has 19 heavy (non-hydrogen) atoms. The Morgan fingerprint density at radius 1 is 1.16 bits per heavy atom. The van der Waals surface area contributed by atoms with Gasteiger partial charge in [-0.2, -0.15) is 9.36 Å². The number of nitrogens with one attached hydrogen (secondary N) is 1. The average Bonchev–Trinajstić information content (AvgIpc) is 2.39. The van der Waals surface area contributed by atoms with Crippen LogP contribution in [-0.4, -0.2) is 15.0 Å². The summed E-state index contributed by atoms with van der Waals surface area (Å²) in [5.41, 5.74) is 1.89. The molecule has 0 amide bonds. The molecule has 1 N–H and O–H groups in total. The summed E-state index contributed by atoms with van der Waals surface area (Å²) in [5.74, 6) is 1.09. The summed E-state index contributed by atoms with van der Waals surface area (Å²) in [7, 11) is 0. The van der Waals surface area contributed by atoms with Crippen molar-refractivity contribution in [2.75, 3.05) is 0 Å². The second-order valence-electron chi connectivity index (χ2n) is 5.02. The Hall–Kier alpha value is -2.04. The molecule has 2 rings (SSSR count). The van der Waals surface area contributed by atoms with Gasteiger partial charge in [-0.1, -0.05) is 13.8 Å². The maximum Gasteiger partial charge on any atom is 0.496 e. The molecule has 0 bridgehead atoms. The Balaban J connectivity index is 2.43. The third-order valence-corrected chi connectivity index (χ3v) is 3.25. The first kappa shape index (κ1) is 13.4. The second kappa shape index (κ2) is 5.30. The molecule has 2 aromatic rings. The van der Waals surface area contributed by atoms with Gasteiger partial charge in [-0.15, -0.1) is 0 Å². The smallest absolute Gasteiger partial charge is 0.241 e. The molecule has 0 saturated heterocycles. The van der Waals surface area contributed by atoms with Gasteiger partial charge in [0.25, 0.3) is 0 Å². The van der Waals surface area contributed by atoms with E-state index < -0.39 is 0 Å². The van der Waals surface area contributed by atoms with Crippen molar-refractivity contribution in [1.29, 1.82) is 0 Å². The molecule has 0 aliphatic heterocycles. The standard InChI is InChI=1S/C14H18N4O/c1-9(2)13-7-17-14(19)18(8-13)10(3)12-5-15-11(4)16-6-12/h5-10H,1-4H3/p+1. The predicted molar refractivity (Wildman–Crippen MR) is 71.9 cm³/mol. The first-order valence-electron chi connectivity index (χ1n) is 6.41. The van der Waals surface area contributed by atoms with Gasteiger partial charge in [-0.3, -0.25) is 0 Å². The van der Waals surface area contributed by atoms with Gasteiger partial charge in [0.2, 0.25) is 0 Å². The lowest BCUT2D eigenvalue weighted by molar-refractivity contribution is -0.727. The minimum Gasteiger partial charge on any atom is -0.241 e. The van der Waals surface area contributed by atoms with Gasteiger partial charge in [0.05, 0.1) is 6.20 Å². The van der Waals surface area contributed by atoms with Gasteiger partial charge in [0.15, 0.2) is 0 Å². The zero-order valence-corrected chi connectivity index (χ0v) is 11.7. The van der Waals surface area contributed by atoms with Crippen molar-refractivity contribution in [2.45, 2.75) is 39.7 Å². The van der Waals surface area contributed by atoms with E-state index in [1.807, 2.05) is 20.0 Å². The van der Waals surface area contributed by atoms with Crippen LogP contribution in [0, 0.1) is 6.92 Å². The van der Waals surface area contributed by atoms with Crippen molar-refractivity contribution in [3.05, 3.63) is 52.2 Å². The van der Waals surface area contributed by atoms with E-state index in [9.17, 15) is 4.79 Å². The molecule has 0 aliphatic rings. The normalized spacial score (nSPS) is 12.7. The van der Waals surface area contributed by atoms with Gasteiger partial charge < -0.3 is 0 Å². The first-order chi connectivity index (χ1) is 8.99. The largest absolute Gasteiger partial charge is 0.496 e. The van der Waals surface area contributed by atoms with Crippen LogP contribution >= 0.6 is 0 Å². The van der Waals surface area contributed by atoms with Gasteiger partial charge in [-0.25, -0.2) is 15.0 Å². The molecule has 1 atom stereocenters. The number of hydrogen-bond acceptors (Lipinski definition) is 3. The minimum absolute atomic E-state index is 0.0944. The number of aromatic nitrogens is 4. The molecular formula is C14H19N4O+. The molecule has 0 spiro atoms. The number of aromatic amines is 1. The lowest BCUT2D eigenvalue weighted by Crippen LogP contribution is -2.54. The van der Waals surface area contributed by atoms with Crippen LogP contribution in [0.2, 0.25) is 0 Å². The second-order valence-corrected chi connectivity index (χ2v) is 5.02. The van der Waals surface area contributed by atoms with E-state index in [4.69, 9.17) is 0 Å². The highest BCUT2D eigenvalue weighted by atomic mass is 16.1. The van der Waals surface area contributed by atoms with Crippen LogP contribution in [0.3, 0.4) is 0 Å². The lowest BCUT2D eigenvalue weighted by Gasteiger charge is -2.10. The molecule has 0 aliphatic carbocycles. The average molecular weight is 259 g/mol. The summed E-state index contributed by atoms with van der Waals surface area (Å²) >= 11 is 0. The molecular weight excluding hydrogens is 240 g/mol. The van der Waals surface area contributed by atoms with Crippen LogP contribution in [0.4, 0.5) is 0 Å². The molecule has 0 radical (unpaired) electrons. The van der Waals surface area contributed by atoms with Crippen molar-refractivity contribution in [3.63, 3.8) is 0 Å². The number of nitrogens with zero attached hydrogens (tertiary/aromatic N) is 3. The third-order valence-electron chi connectivity index (χ3n) is 3.25. The summed E-state index contributed by atoms with van der Waals surface area (Å²) in [6.45, 7) is 8.00. The number of aryl methyl sites for hydroxylation is 1. The zero-order chi connectivity index (χ0) is 14.0. The Labute approximate surface area is 112 Å². The first-order valence-corrected chi connectivity index (χ1v) is 6.41. The predicted octanol–water partition coefficient (Wildman–Crippen LogP) is 1.49. The van der Waals surface area contributed by atoms with E-state index in [1.54, 1.807) is 23.2 Å². The Kier molecular flexibility index (Phi) is 3.74. The summed E-state index contributed by atoms with van der Waals surface area (Å²) in [6, 6.07) is -0.0944. The number of rotatable bonds is 3. The van der Waals surface area contributed by atoms with E-state index in [0.717, 1.165) is 17.0 Å².